The highest BCUT2D eigenvalue weighted by Gasteiger charge is 2.38. The molecule has 124 valence electrons. The molecule has 1 saturated carbocycles. The third kappa shape index (κ3) is 4.96. The number of rotatable bonds is 8. The minimum absolute atomic E-state index is 0.462. The fourth-order valence-electron chi connectivity index (χ4n) is 4.74. The molecule has 0 amide bonds. The van der Waals surface area contributed by atoms with E-state index in [1.54, 1.807) is 0 Å². The monoisotopic (exact) mass is 294 g/mol. The van der Waals surface area contributed by atoms with Crippen LogP contribution in [0.3, 0.4) is 0 Å². The molecule has 2 nitrogen and oxygen atoms in total. The predicted molar refractivity (Wildman–Crippen MR) is 92.8 cm³/mol. The van der Waals surface area contributed by atoms with Crippen LogP contribution in [-0.4, -0.2) is 37.6 Å². The molecule has 2 rings (SSSR count). The Morgan fingerprint density at radius 3 is 2.24 bits per heavy atom. The molecule has 0 bridgehead atoms. The van der Waals surface area contributed by atoms with Gasteiger partial charge in [0.2, 0.25) is 0 Å². The van der Waals surface area contributed by atoms with Gasteiger partial charge in [0.05, 0.1) is 0 Å². The average Bonchev–Trinajstić information content (AvgIpc) is 2.91. The molecule has 0 aromatic rings. The Balaban J connectivity index is 1.80. The van der Waals surface area contributed by atoms with Gasteiger partial charge in [0.25, 0.3) is 0 Å². The number of likely N-dealkylation sites (tertiary alicyclic amines) is 1. The average molecular weight is 295 g/mol. The van der Waals surface area contributed by atoms with Crippen LogP contribution in [-0.2, 0) is 0 Å². The standard InChI is InChI=1S/C19H38N2/c1-4-8-18(3,16-20-13-5-2)17-21-14-11-19(12-15-21)9-6-7-10-19/h20H,4-17H2,1-3H3. The Kier molecular flexibility index (Phi) is 6.55. The van der Waals surface area contributed by atoms with Gasteiger partial charge in [-0.05, 0) is 69.0 Å². The molecule has 1 N–H and O–H groups in total. The summed E-state index contributed by atoms with van der Waals surface area (Å²) in [6.07, 6.45) is 12.9. The first-order valence-corrected chi connectivity index (χ1v) is 9.54. The van der Waals surface area contributed by atoms with Gasteiger partial charge in [-0.1, -0.05) is 40.0 Å². The molecular formula is C19H38N2. The summed E-state index contributed by atoms with van der Waals surface area (Å²) in [5.74, 6) is 0. The van der Waals surface area contributed by atoms with E-state index in [1.807, 2.05) is 0 Å². The van der Waals surface area contributed by atoms with Crippen LogP contribution < -0.4 is 5.32 Å². The number of piperidine rings is 1. The summed E-state index contributed by atoms with van der Waals surface area (Å²) in [6, 6.07) is 0. The van der Waals surface area contributed by atoms with Crippen molar-refractivity contribution in [2.75, 3.05) is 32.7 Å². The molecule has 0 aromatic carbocycles. The largest absolute Gasteiger partial charge is 0.316 e. The van der Waals surface area contributed by atoms with Gasteiger partial charge in [0, 0.05) is 13.1 Å². The van der Waals surface area contributed by atoms with E-state index in [2.05, 4.69) is 31.0 Å². The van der Waals surface area contributed by atoms with Crippen molar-refractivity contribution < 1.29 is 0 Å². The number of hydrogen-bond donors (Lipinski definition) is 1. The highest BCUT2D eigenvalue weighted by molar-refractivity contribution is 4.91. The molecule has 0 radical (unpaired) electrons. The van der Waals surface area contributed by atoms with E-state index in [1.165, 1.54) is 90.5 Å². The second kappa shape index (κ2) is 7.97. The molecule has 2 fully saturated rings. The zero-order chi connectivity index (χ0) is 15.2. The van der Waals surface area contributed by atoms with Crippen molar-refractivity contribution in [1.82, 2.24) is 10.2 Å². The van der Waals surface area contributed by atoms with Crippen LogP contribution in [0.1, 0.15) is 78.6 Å². The summed E-state index contributed by atoms with van der Waals surface area (Å²) in [7, 11) is 0. The van der Waals surface area contributed by atoms with E-state index in [9.17, 15) is 0 Å². The maximum absolute atomic E-state index is 3.67. The summed E-state index contributed by atoms with van der Waals surface area (Å²) in [5, 5.41) is 3.67. The molecule has 1 heterocycles. The van der Waals surface area contributed by atoms with Gasteiger partial charge in [0.15, 0.2) is 0 Å². The summed E-state index contributed by atoms with van der Waals surface area (Å²) >= 11 is 0. The van der Waals surface area contributed by atoms with Crippen LogP contribution in [0.25, 0.3) is 0 Å². The Morgan fingerprint density at radius 2 is 1.67 bits per heavy atom. The SMILES string of the molecule is CCCNCC(C)(CCC)CN1CCC2(CCCC2)CC1. The summed E-state index contributed by atoms with van der Waals surface area (Å²) in [6.45, 7) is 13.5. The van der Waals surface area contributed by atoms with E-state index in [4.69, 9.17) is 0 Å². The molecule has 1 unspecified atom stereocenters. The lowest BCUT2D eigenvalue weighted by molar-refractivity contribution is 0.0694. The van der Waals surface area contributed by atoms with Crippen LogP contribution in [0.4, 0.5) is 0 Å². The van der Waals surface area contributed by atoms with Gasteiger partial charge in [-0.3, -0.25) is 0 Å². The minimum atomic E-state index is 0.462. The third-order valence-electron chi connectivity index (χ3n) is 6.02. The molecule has 2 aliphatic rings. The number of nitrogens with zero attached hydrogens (tertiary/aromatic N) is 1. The van der Waals surface area contributed by atoms with Crippen LogP contribution in [0.5, 0.6) is 0 Å². The van der Waals surface area contributed by atoms with Crippen molar-refractivity contribution in [1.29, 1.82) is 0 Å². The van der Waals surface area contributed by atoms with Gasteiger partial charge in [-0.2, -0.15) is 0 Å². The molecule has 2 heteroatoms. The van der Waals surface area contributed by atoms with E-state index < -0.39 is 0 Å². The van der Waals surface area contributed by atoms with Crippen molar-refractivity contribution in [3.63, 3.8) is 0 Å². The number of hydrogen-bond acceptors (Lipinski definition) is 2. The van der Waals surface area contributed by atoms with Crippen molar-refractivity contribution in [2.24, 2.45) is 10.8 Å². The first kappa shape index (κ1) is 17.3. The summed E-state index contributed by atoms with van der Waals surface area (Å²) in [4.78, 5) is 2.77. The molecular weight excluding hydrogens is 256 g/mol. The lowest BCUT2D eigenvalue weighted by atomic mass is 9.76. The second-order valence-corrected chi connectivity index (χ2v) is 8.22. The zero-order valence-electron chi connectivity index (χ0n) is 14.8. The van der Waals surface area contributed by atoms with Gasteiger partial charge in [-0.25, -0.2) is 0 Å². The lowest BCUT2D eigenvalue weighted by Gasteiger charge is -2.43. The van der Waals surface area contributed by atoms with Crippen molar-refractivity contribution >= 4 is 0 Å². The molecule has 1 atom stereocenters. The Hall–Kier alpha value is -0.0800. The van der Waals surface area contributed by atoms with Crippen LogP contribution in [0.2, 0.25) is 0 Å². The minimum Gasteiger partial charge on any atom is -0.316 e. The Morgan fingerprint density at radius 1 is 1.00 bits per heavy atom. The van der Waals surface area contributed by atoms with Crippen molar-refractivity contribution in [2.45, 2.75) is 78.6 Å². The smallest absolute Gasteiger partial charge is 0.00475 e. The van der Waals surface area contributed by atoms with E-state index in [0.717, 1.165) is 5.41 Å². The quantitative estimate of drug-likeness (QED) is 0.665. The molecule has 21 heavy (non-hydrogen) atoms. The van der Waals surface area contributed by atoms with E-state index in [0.29, 0.717) is 5.41 Å². The van der Waals surface area contributed by atoms with Gasteiger partial charge >= 0.3 is 0 Å². The van der Waals surface area contributed by atoms with Crippen LogP contribution in [0.15, 0.2) is 0 Å². The normalized spacial score (nSPS) is 25.3. The Labute approximate surface area is 133 Å². The second-order valence-electron chi connectivity index (χ2n) is 8.22. The van der Waals surface area contributed by atoms with Gasteiger partial charge in [0.1, 0.15) is 0 Å². The maximum Gasteiger partial charge on any atom is 0.00475 e. The summed E-state index contributed by atoms with van der Waals surface area (Å²) in [5.41, 5.74) is 1.22. The van der Waals surface area contributed by atoms with Crippen molar-refractivity contribution in [3.8, 4) is 0 Å². The predicted octanol–water partition coefficient (Wildman–Crippen LogP) is 4.45. The lowest BCUT2D eigenvalue weighted by Crippen LogP contribution is -2.47. The molecule has 1 saturated heterocycles. The highest BCUT2D eigenvalue weighted by atomic mass is 15.1. The van der Waals surface area contributed by atoms with Crippen LogP contribution >= 0.6 is 0 Å². The van der Waals surface area contributed by atoms with E-state index in [-0.39, 0.29) is 0 Å². The molecule has 1 spiro atoms. The van der Waals surface area contributed by atoms with Gasteiger partial charge in [-0.15, -0.1) is 0 Å². The molecule has 1 aliphatic carbocycles. The topological polar surface area (TPSA) is 15.3 Å². The summed E-state index contributed by atoms with van der Waals surface area (Å²) < 4.78 is 0. The molecule has 0 aromatic heterocycles. The van der Waals surface area contributed by atoms with Gasteiger partial charge < -0.3 is 10.2 Å². The molecule has 1 aliphatic heterocycles. The van der Waals surface area contributed by atoms with Crippen LogP contribution in [0, 0.1) is 10.8 Å². The highest BCUT2D eigenvalue weighted by Crippen LogP contribution is 2.46. The maximum atomic E-state index is 3.67. The fraction of sp³-hybridized carbons (Fsp3) is 1.00. The van der Waals surface area contributed by atoms with Crippen molar-refractivity contribution in [3.05, 3.63) is 0 Å². The Bertz CT molecular complexity index is 286. The number of nitrogens with one attached hydrogen (secondary N) is 1. The first-order valence-electron chi connectivity index (χ1n) is 9.54. The van der Waals surface area contributed by atoms with E-state index >= 15 is 0 Å². The first-order chi connectivity index (χ1) is 10.1. The third-order valence-corrected chi connectivity index (χ3v) is 6.02. The zero-order valence-corrected chi connectivity index (χ0v) is 14.8. The fourth-order valence-corrected chi connectivity index (χ4v) is 4.74.